The van der Waals surface area contributed by atoms with Crippen molar-refractivity contribution in [1.29, 1.82) is 0 Å². The summed E-state index contributed by atoms with van der Waals surface area (Å²) in [5.41, 5.74) is 7.39. The van der Waals surface area contributed by atoms with Crippen LogP contribution in [0.25, 0.3) is 0 Å². The molecule has 0 aliphatic rings. The first-order chi connectivity index (χ1) is 12.4. The van der Waals surface area contributed by atoms with Crippen LogP contribution in [0.5, 0.6) is 0 Å². The van der Waals surface area contributed by atoms with Gasteiger partial charge in [0.15, 0.2) is 0 Å². The van der Waals surface area contributed by atoms with Gasteiger partial charge in [-0.05, 0) is 36.2 Å². The van der Waals surface area contributed by atoms with E-state index in [1.54, 1.807) is 36.4 Å². The molecule has 26 heavy (non-hydrogen) atoms. The second-order valence-corrected chi connectivity index (χ2v) is 5.72. The lowest BCUT2D eigenvalue weighted by Gasteiger charge is -2.08. The molecule has 0 aromatic heterocycles. The average molecular weight is 356 g/mol. The summed E-state index contributed by atoms with van der Waals surface area (Å²) < 4.78 is 0. The quantitative estimate of drug-likeness (QED) is 0.361. The number of rotatable bonds is 9. The van der Waals surface area contributed by atoms with Gasteiger partial charge in [0.2, 0.25) is 11.8 Å². The number of amides is 2. The number of non-ortho nitro benzene ring substituents is 1. The number of benzene rings is 2. The number of carbonyl (C=O) groups is 2. The molecule has 0 aliphatic carbocycles. The van der Waals surface area contributed by atoms with Crippen molar-refractivity contribution in [2.75, 3.05) is 17.2 Å². The van der Waals surface area contributed by atoms with Crippen LogP contribution in [0.15, 0.2) is 48.5 Å². The fourth-order valence-electron chi connectivity index (χ4n) is 2.31. The Labute approximate surface area is 150 Å². The van der Waals surface area contributed by atoms with Crippen LogP contribution in [0, 0.1) is 10.1 Å². The van der Waals surface area contributed by atoms with Crippen LogP contribution in [0.3, 0.4) is 0 Å². The van der Waals surface area contributed by atoms with Crippen molar-refractivity contribution in [2.24, 2.45) is 5.73 Å². The lowest BCUT2D eigenvalue weighted by molar-refractivity contribution is -0.384. The van der Waals surface area contributed by atoms with Gasteiger partial charge in [0.1, 0.15) is 0 Å². The van der Waals surface area contributed by atoms with Crippen molar-refractivity contribution < 1.29 is 14.5 Å². The van der Waals surface area contributed by atoms with Crippen LogP contribution in [0.4, 0.5) is 17.1 Å². The Morgan fingerprint density at radius 3 is 2.19 bits per heavy atom. The predicted molar refractivity (Wildman–Crippen MR) is 98.8 cm³/mol. The fraction of sp³-hybridized carbons (Fsp3) is 0.222. The third kappa shape index (κ3) is 6.23. The molecule has 0 spiro atoms. The predicted octanol–water partition coefficient (Wildman–Crippen LogP) is 2.45. The number of nitrogens with zero attached hydrogens (tertiary/aromatic N) is 1. The summed E-state index contributed by atoms with van der Waals surface area (Å²) in [5, 5.41) is 16.5. The molecule has 2 aromatic rings. The third-order valence-electron chi connectivity index (χ3n) is 3.60. The number of hydrogen-bond donors (Lipinski definition) is 3. The molecule has 0 saturated carbocycles. The summed E-state index contributed by atoms with van der Waals surface area (Å²) in [4.78, 5) is 32.9. The van der Waals surface area contributed by atoms with Crippen LogP contribution in [-0.2, 0) is 16.0 Å². The minimum absolute atomic E-state index is 0.0387. The normalized spacial score (nSPS) is 10.2. The Morgan fingerprint density at radius 1 is 1.00 bits per heavy atom. The van der Waals surface area contributed by atoms with Gasteiger partial charge in [0.25, 0.3) is 5.69 Å². The Bertz CT molecular complexity index is 773. The number of carbonyl (C=O) groups excluding carboxylic acids is 2. The molecule has 2 aromatic carbocycles. The number of hydrogen-bond acceptors (Lipinski definition) is 5. The fourth-order valence-corrected chi connectivity index (χ4v) is 2.31. The molecule has 0 saturated heterocycles. The molecular weight excluding hydrogens is 336 g/mol. The molecule has 0 fully saturated rings. The Morgan fingerprint density at radius 2 is 1.62 bits per heavy atom. The molecular formula is C18H20N4O4. The molecule has 0 unspecified atom stereocenters. The summed E-state index contributed by atoms with van der Waals surface area (Å²) >= 11 is 0. The maximum Gasteiger partial charge on any atom is 0.269 e. The van der Waals surface area contributed by atoms with Gasteiger partial charge < -0.3 is 16.4 Å². The first kappa shape index (κ1) is 18.9. The maximum absolute atomic E-state index is 11.9. The van der Waals surface area contributed by atoms with Crippen LogP contribution in [0.2, 0.25) is 0 Å². The van der Waals surface area contributed by atoms with Crippen LogP contribution in [0.1, 0.15) is 18.4 Å². The topological polar surface area (TPSA) is 127 Å². The second-order valence-electron chi connectivity index (χ2n) is 5.72. The largest absolute Gasteiger partial charge is 0.385 e. The Hall–Kier alpha value is -3.42. The highest BCUT2D eigenvalue weighted by Gasteiger charge is 2.05. The highest BCUT2D eigenvalue weighted by atomic mass is 16.6. The van der Waals surface area contributed by atoms with E-state index in [0.717, 1.165) is 11.3 Å². The van der Waals surface area contributed by atoms with Crippen molar-refractivity contribution in [1.82, 2.24) is 0 Å². The van der Waals surface area contributed by atoms with Gasteiger partial charge in [-0.2, -0.15) is 0 Å². The van der Waals surface area contributed by atoms with E-state index >= 15 is 0 Å². The summed E-state index contributed by atoms with van der Waals surface area (Å²) in [5.74, 6) is -0.513. The lowest BCUT2D eigenvalue weighted by atomic mass is 10.1. The summed E-state index contributed by atoms with van der Waals surface area (Å²) in [6, 6.07) is 13.1. The molecule has 2 rings (SSSR count). The lowest BCUT2D eigenvalue weighted by Crippen LogP contribution is -2.14. The molecule has 2 amide bonds. The van der Waals surface area contributed by atoms with Gasteiger partial charge in [-0.15, -0.1) is 0 Å². The van der Waals surface area contributed by atoms with Gasteiger partial charge >= 0.3 is 0 Å². The average Bonchev–Trinajstić information content (AvgIpc) is 2.60. The number of nitro benzene ring substituents is 1. The van der Waals surface area contributed by atoms with Crippen LogP contribution < -0.4 is 16.4 Å². The van der Waals surface area contributed by atoms with Gasteiger partial charge in [-0.1, -0.05) is 12.1 Å². The molecule has 0 atom stereocenters. The molecule has 0 radical (unpaired) electrons. The first-order valence-corrected chi connectivity index (χ1v) is 8.09. The SMILES string of the molecule is NC(=O)Cc1ccc(NC(=O)CCCNc2ccc([N+](=O)[O-])cc2)cc1. The van der Waals surface area contributed by atoms with E-state index < -0.39 is 10.8 Å². The van der Waals surface area contributed by atoms with Crippen LogP contribution >= 0.6 is 0 Å². The number of nitrogens with one attached hydrogen (secondary N) is 2. The van der Waals surface area contributed by atoms with Crippen molar-refractivity contribution in [3.05, 3.63) is 64.2 Å². The summed E-state index contributed by atoms with van der Waals surface area (Å²) in [6.45, 7) is 0.572. The number of nitro groups is 1. The molecule has 0 aliphatic heterocycles. The molecule has 8 nitrogen and oxygen atoms in total. The smallest absolute Gasteiger partial charge is 0.269 e. The first-order valence-electron chi connectivity index (χ1n) is 8.09. The monoisotopic (exact) mass is 356 g/mol. The van der Waals surface area contributed by atoms with Crippen LogP contribution in [-0.4, -0.2) is 23.3 Å². The van der Waals surface area contributed by atoms with Crippen molar-refractivity contribution >= 4 is 28.9 Å². The van der Waals surface area contributed by atoms with E-state index in [0.29, 0.717) is 25.1 Å². The molecule has 0 heterocycles. The van der Waals surface area contributed by atoms with Gasteiger partial charge in [0, 0.05) is 36.5 Å². The molecule has 136 valence electrons. The number of anilines is 2. The van der Waals surface area contributed by atoms with Crippen molar-refractivity contribution in [2.45, 2.75) is 19.3 Å². The zero-order chi connectivity index (χ0) is 18.9. The van der Waals surface area contributed by atoms with E-state index in [1.807, 2.05) is 0 Å². The van der Waals surface area contributed by atoms with E-state index in [9.17, 15) is 19.7 Å². The maximum atomic E-state index is 11.9. The number of primary amides is 1. The molecule has 8 heteroatoms. The Kier molecular flexibility index (Phi) is 6.67. The summed E-state index contributed by atoms with van der Waals surface area (Å²) in [7, 11) is 0. The standard InChI is InChI=1S/C18H20N4O4/c19-17(23)12-13-3-5-15(6-4-13)21-18(24)2-1-11-20-14-7-9-16(10-8-14)22(25)26/h3-10,20H,1-2,11-12H2,(H2,19,23)(H,21,24). The minimum Gasteiger partial charge on any atom is -0.385 e. The van der Waals surface area contributed by atoms with Gasteiger partial charge in [-0.3, -0.25) is 19.7 Å². The zero-order valence-electron chi connectivity index (χ0n) is 14.1. The Balaban J connectivity index is 1.70. The van der Waals surface area contributed by atoms with Gasteiger partial charge in [0.05, 0.1) is 11.3 Å². The van der Waals surface area contributed by atoms with E-state index in [-0.39, 0.29) is 18.0 Å². The highest BCUT2D eigenvalue weighted by molar-refractivity contribution is 5.90. The van der Waals surface area contributed by atoms with Crippen molar-refractivity contribution in [3.63, 3.8) is 0 Å². The second kappa shape index (κ2) is 9.16. The molecule has 4 N–H and O–H groups in total. The minimum atomic E-state index is -0.450. The number of nitrogens with two attached hydrogens (primary N) is 1. The van der Waals surface area contributed by atoms with Gasteiger partial charge in [-0.25, -0.2) is 0 Å². The van der Waals surface area contributed by atoms with E-state index in [2.05, 4.69) is 10.6 Å². The van der Waals surface area contributed by atoms with E-state index in [4.69, 9.17) is 5.73 Å². The highest BCUT2D eigenvalue weighted by Crippen LogP contribution is 2.15. The summed E-state index contributed by atoms with van der Waals surface area (Å²) in [6.07, 6.45) is 1.12. The van der Waals surface area contributed by atoms with Crippen molar-refractivity contribution in [3.8, 4) is 0 Å². The molecule has 0 bridgehead atoms. The third-order valence-corrected chi connectivity index (χ3v) is 3.60. The zero-order valence-corrected chi connectivity index (χ0v) is 14.1. The van der Waals surface area contributed by atoms with E-state index in [1.165, 1.54) is 12.1 Å².